The monoisotopic (exact) mass is 249 g/mol. The van der Waals surface area contributed by atoms with Crippen LogP contribution in [0.2, 0.25) is 0 Å². The molecular formula is C12H9F2N3O. The van der Waals surface area contributed by atoms with Crippen LogP contribution in [0.1, 0.15) is 10.4 Å². The standard InChI is InChI=1S/C12H9F2N3O/c13-7-4-5-10(16-6-7)17-12(18)8-2-1-3-9(14)11(8)15/h1-6H,15H2,(H,16,17,18). The predicted molar refractivity (Wildman–Crippen MR) is 63.0 cm³/mol. The van der Waals surface area contributed by atoms with Gasteiger partial charge in [-0.05, 0) is 24.3 Å². The molecule has 1 aromatic carbocycles. The molecule has 0 saturated heterocycles. The van der Waals surface area contributed by atoms with Crippen molar-refractivity contribution in [3.05, 3.63) is 53.7 Å². The van der Waals surface area contributed by atoms with Gasteiger partial charge in [0.1, 0.15) is 17.5 Å². The van der Waals surface area contributed by atoms with E-state index >= 15 is 0 Å². The number of hydrogen-bond donors (Lipinski definition) is 2. The van der Waals surface area contributed by atoms with E-state index in [1.807, 2.05) is 0 Å². The molecule has 2 aromatic rings. The minimum Gasteiger partial charge on any atom is -0.396 e. The van der Waals surface area contributed by atoms with Crippen molar-refractivity contribution in [1.29, 1.82) is 0 Å². The molecule has 0 aliphatic rings. The van der Waals surface area contributed by atoms with E-state index in [0.29, 0.717) is 0 Å². The van der Waals surface area contributed by atoms with Gasteiger partial charge in [0.2, 0.25) is 0 Å². The first-order chi connectivity index (χ1) is 8.58. The highest BCUT2D eigenvalue weighted by atomic mass is 19.1. The summed E-state index contributed by atoms with van der Waals surface area (Å²) in [5.74, 6) is -1.64. The first kappa shape index (κ1) is 12.0. The number of benzene rings is 1. The largest absolute Gasteiger partial charge is 0.396 e. The number of para-hydroxylation sites is 1. The SMILES string of the molecule is Nc1c(F)cccc1C(=O)Nc1ccc(F)cn1. The molecule has 0 fully saturated rings. The van der Waals surface area contributed by atoms with Crippen LogP contribution in [-0.4, -0.2) is 10.9 Å². The topological polar surface area (TPSA) is 68.0 Å². The summed E-state index contributed by atoms with van der Waals surface area (Å²) in [7, 11) is 0. The van der Waals surface area contributed by atoms with Crippen LogP contribution >= 0.6 is 0 Å². The van der Waals surface area contributed by atoms with Crippen LogP contribution < -0.4 is 11.1 Å². The molecule has 0 atom stereocenters. The Morgan fingerprint density at radius 3 is 2.67 bits per heavy atom. The second-order valence-electron chi connectivity index (χ2n) is 3.52. The average molecular weight is 249 g/mol. The number of pyridine rings is 1. The number of rotatable bonds is 2. The zero-order valence-corrected chi connectivity index (χ0v) is 9.15. The molecule has 3 N–H and O–H groups in total. The minimum absolute atomic E-state index is 0.00104. The molecule has 0 saturated carbocycles. The van der Waals surface area contributed by atoms with Crippen molar-refractivity contribution in [2.24, 2.45) is 0 Å². The smallest absolute Gasteiger partial charge is 0.259 e. The van der Waals surface area contributed by atoms with E-state index in [9.17, 15) is 13.6 Å². The number of halogens is 2. The summed E-state index contributed by atoms with van der Waals surface area (Å²) in [4.78, 5) is 15.4. The zero-order chi connectivity index (χ0) is 13.1. The highest BCUT2D eigenvalue weighted by molar-refractivity contribution is 6.07. The highest BCUT2D eigenvalue weighted by Crippen LogP contribution is 2.17. The van der Waals surface area contributed by atoms with Crippen molar-refractivity contribution in [1.82, 2.24) is 4.98 Å². The lowest BCUT2D eigenvalue weighted by Crippen LogP contribution is -2.15. The number of nitrogens with zero attached hydrogens (tertiary/aromatic N) is 1. The summed E-state index contributed by atoms with van der Waals surface area (Å²) < 4.78 is 25.8. The van der Waals surface area contributed by atoms with Gasteiger partial charge in [0.05, 0.1) is 17.4 Å². The van der Waals surface area contributed by atoms with Gasteiger partial charge in [0.25, 0.3) is 5.91 Å². The Hall–Kier alpha value is -2.50. The molecule has 0 unspecified atom stereocenters. The number of nitrogens with one attached hydrogen (secondary N) is 1. The number of hydrogen-bond acceptors (Lipinski definition) is 3. The number of aromatic nitrogens is 1. The molecule has 92 valence electrons. The van der Waals surface area contributed by atoms with Crippen LogP contribution in [0.3, 0.4) is 0 Å². The third-order valence-electron chi connectivity index (χ3n) is 2.27. The van der Waals surface area contributed by atoms with Gasteiger partial charge in [-0.15, -0.1) is 0 Å². The zero-order valence-electron chi connectivity index (χ0n) is 9.15. The normalized spacial score (nSPS) is 10.1. The van der Waals surface area contributed by atoms with Gasteiger partial charge in [0.15, 0.2) is 0 Å². The third kappa shape index (κ3) is 2.42. The second-order valence-corrected chi connectivity index (χ2v) is 3.52. The lowest BCUT2D eigenvalue weighted by molar-refractivity contribution is 0.102. The molecule has 1 amide bonds. The fourth-order valence-corrected chi connectivity index (χ4v) is 1.37. The molecule has 0 aliphatic heterocycles. The van der Waals surface area contributed by atoms with Crippen molar-refractivity contribution in [2.45, 2.75) is 0 Å². The fourth-order valence-electron chi connectivity index (χ4n) is 1.37. The van der Waals surface area contributed by atoms with Crippen molar-refractivity contribution in [3.8, 4) is 0 Å². The first-order valence-electron chi connectivity index (χ1n) is 5.05. The lowest BCUT2D eigenvalue weighted by atomic mass is 10.1. The lowest BCUT2D eigenvalue weighted by Gasteiger charge is -2.07. The summed E-state index contributed by atoms with van der Waals surface area (Å²) in [6.45, 7) is 0. The number of nitrogens with two attached hydrogens (primary N) is 1. The third-order valence-corrected chi connectivity index (χ3v) is 2.27. The molecule has 6 heteroatoms. The number of amides is 1. The molecule has 2 rings (SSSR count). The van der Waals surface area contributed by atoms with Crippen LogP contribution in [0.5, 0.6) is 0 Å². The van der Waals surface area contributed by atoms with Crippen molar-refractivity contribution in [2.75, 3.05) is 11.1 Å². The van der Waals surface area contributed by atoms with E-state index in [0.717, 1.165) is 18.3 Å². The van der Waals surface area contributed by atoms with Crippen LogP contribution in [-0.2, 0) is 0 Å². The fraction of sp³-hybridized carbons (Fsp3) is 0. The Morgan fingerprint density at radius 1 is 1.22 bits per heavy atom. The molecule has 4 nitrogen and oxygen atoms in total. The van der Waals surface area contributed by atoms with Crippen LogP contribution in [0.15, 0.2) is 36.5 Å². The average Bonchev–Trinajstić information content (AvgIpc) is 2.35. The van der Waals surface area contributed by atoms with Gasteiger partial charge in [-0.2, -0.15) is 0 Å². The van der Waals surface area contributed by atoms with E-state index < -0.39 is 17.5 Å². The van der Waals surface area contributed by atoms with Gasteiger partial charge >= 0.3 is 0 Å². The number of carbonyl (C=O) groups is 1. The highest BCUT2D eigenvalue weighted by Gasteiger charge is 2.13. The van der Waals surface area contributed by atoms with E-state index in [1.54, 1.807) is 0 Å². The molecule has 0 spiro atoms. The molecule has 1 heterocycles. The molecule has 18 heavy (non-hydrogen) atoms. The first-order valence-corrected chi connectivity index (χ1v) is 5.05. The Morgan fingerprint density at radius 2 is 2.00 bits per heavy atom. The Labute approximate surface area is 101 Å². The van der Waals surface area contributed by atoms with Gasteiger partial charge in [0, 0.05) is 0 Å². The van der Waals surface area contributed by atoms with Crippen LogP contribution in [0.25, 0.3) is 0 Å². The molecule has 1 aromatic heterocycles. The quantitative estimate of drug-likeness (QED) is 0.801. The van der Waals surface area contributed by atoms with Crippen LogP contribution in [0.4, 0.5) is 20.3 Å². The van der Waals surface area contributed by atoms with Gasteiger partial charge in [-0.3, -0.25) is 4.79 Å². The summed E-state index contributed by atoms with van der Waals surface area (Å²) in [6, 6.07) is 6.36. The minimum atomic E-state index is -0.672. The summed E-state index contributed by atoms with van der Waals surface area (Å²) in [6.07, 6.45) is 0.963. The maximum absolute atomic E-state index is 13.2. The van der Waals surface area contributed by atoms with E-state index in [1.165, 1.54) is 18.2 Å². The molecule has 0 aliphatic carbocycles. The Balaban J connectivity index is 2.22. The number of anilines is 2. The van der Waals surface area contributed by atoms with Gasteiger partial charge < -0.3 is 11.1 Å². The molecule has 0 radical (unpaired) electrons. The van der Waals surface area contributed by atoms with Gasteiger partial charge in [-0.1, -0.05) is 6.07 Å². The summed E-state index contributed by atoms with van der Waals surface area (Å²) in [5, 5.41) is 2.39. The summed E-state index contributed by atoms with van der Waals surface area (Å²) >= 11 is 0. The van der Waals surface area contributed by atoms with E-state index in [2.05, 4.69) is 10.3 Å². The van der Waals surface area contributed by atoms with Crippen molar-refractivity contribution < 1.29 is 13.6 Å². The van der Waals surface area contributed by atoms with Crippen molar-refractivity contribution >= 4 is 17.4 Å². The number of carbonyl (C=O) groups excluding carboxylic acids is 1. The number of nitrogen functional groups attached to an aromatic ring is 1. The van der Waals surface area contributed by atoms with Crippen molar-refractivity contribution in [3.63, 3.8) is 0 Å². The van der Waals surface area contributed by atoms with E-state index in [-0.39, 0.29) is 17.1 Å². The van der Waals surface area contributed by atoms with E-state index in [4.69, 9.17) is 5.73 Å². The maximum atomic E-state index is 13.2. The van der Waals surface area contributed by atoms with Gasteiger partial charge in [-0.25, -0.2) is 13.8 Å². The predicted octanol–water partition coefficient (Wildman–Crippen LogP) is 2.19. The molecule has 0 bridgehead atoms. The summed E-state index contributed by atoms with van der Waals surface area (Å²) in [5.41, 5.74) is 5.21. The molecular weight excluding hydrogens is 240 g/mol. The Bertz CT molecular complexity index is 584. The second kappa shape index (κ2) is 4.79. The maximum Gasteiger partial charge on any atom is 0.259 e. The Kier molecular flexibility index (Phi) is 3.18. The van der Waals surface area contributed by atoms with Crippen LogP contribution in [0, 0.1) is 11.6 Å².